The average molecular weight is 160 g/mol. The summed E-state index contributed by atoms with van der Waals surface area (Å²) in [5.41, 5.74) is 0. The topological polar surface area (TPSA) is 0 Å². The van der Waals surface area contributed by atoms with E-state index in [1.165, 1.54) is 6.42 Å². The normalized spacial score (nSPS) is 32.4. The molecule has 1 fully saturated rings. The molecule has 1 saturated heterocycles. The Morgan fingerprint density at radius 1 is 1.67 bits per heavy atom. The van der Waals surface area contributed by atoms with Gasteiger partial charge in [0.05, 0.1) is 0 Å². The van der Waals surface area contributed by atoms with Gasteiger partial charge in [0, 0.05) is 10.00 Å². The van der Waals surface area contributed by atoms with Gasteiger partial charge in [-0.1, -0.05) is 27.7 Å². The highest BCUT2D eigenvalue weighted by Crippen LogP contribution is 2.50. The van der Waals surface area contributed by atoms with Gasteiger partial charge in [-0.25, -0.2) is 0 Å². The van der Waals surface area contributed by atoms with E-state index in [1.807, 2.05) is 27.7 Å². The first-order valence-corrected chi connectivity index (χ1v) is 5.32. The molecule has 1 aliphatic heterocycles. The summed E-state index contributed by atoms with van der Waals surface area (Å²) in [6.07, 6.45) is 3.32. The summed E-state index contributed by atoms with van der Waals surface area (Å²) in [4.78, 5) is 0. The van der Waals surface area contributed by atoms with Gasteiger partial charge in [-0.2, -0.15) is 0 Å². The maximum Gasteiger partial charge on any atom is 0.0342 e. The average Bonchev–Trinajstić information content (AvgIpc) is 2.10. The summed E-state index contributed by atoms with van der Waals surface area (Å²) in [5.74, 6) is 0. The van der Waals surface area contributed by atoms with Gasteiger partial charge in [0.25, 0.3) is 0 Å². The van der Waals surface area contributed by atoms with Gasteiger partial charge in [0.15, 0.2) is 0 Å². The molecule has 0 aromatic rings. The van der Waals surface area contributed by atoms with Crippen molar-refractivity contribution in [1.82, 2.24) is 0 Å². The van der Waals surface area contributed by atoms with Crippen LogP contribution in [0, 0.1) is 0 Å². The minimum absolute atomic E-state index is 0.476. The third-order valence-electron chi connectivity index (χ3n) is 1.35. The molecule has 52 valence electrons. The van der Waals surface area contributed by atoms with Crippen molar-refractivity contribution in [1.29, 1.82) is 0 Å². The van der Waals surface area contributed by atoms with Crippen LogP contribution in [-0.4, -0.2) is 10.00 Å². The largest absolute Gasteiger partial charge is 0.102 e. The van der Waals surface area contributed by atoms with Crippen molar-refractivity contribution >= 4 is 21.6 Å². The Bertz CT molecular complexity index is 118. The summed E-state index contributed by atoms with van der Waals surface area (Å²) in [5, 5.41) is 0.685. The highest BCUT2D eigenvalue weighted by atomic mass is 33.1. The van der Waals surface area contributed by atoms with Gasteiger partial charge in [-0.15, -0.1) is 6.58 Å². The van der Waals surface area contributed by atoms with Crippen LogP contribution in [0.3, 0.4) is 0 Å². The molecule has 0 nitrogen and oxygen atoms in total. The maximum absolute atomic E-state index is 3.77. The Balaban J connectivity index is 2.47. The van der Waals surface area contributed by atoms with Crippen LogP contribution in [0.5, 0.6) is 0 Å². The van der Waals surface area contributed by atoms with Gasteiger partial charge in [0.2, 0.25) is 0 Å². The highest BCUT2D eigenvalue weighted by Gasteiger charge is 2.30. The van der Waals surface area contributed by atoms with Crippen LogP contribution in [0.25, 0.3) is 0 Å². The maximum atomic E-state index is 3.77. The van der Waals surface area contributed by atoms with Crippen LogP contribution >= 0.6 is 21.6 Å². The molecule has 0 N–H and O–H groups in total. The highest BCUT2D eigenvalue weighted by molar-refractivity contribution is 8.77. The van der Waals surface area contributed by atoms with Crippen LogP contribution < -0.4 is 0 Å². The molecule has 9 heavy (non-hydrogen) atoms. The Labute approximate surface area is 64.9 Å². The van der Waals surface area contributed by atoms with Crippen LogP contribution in [0.1, 0.15) is 20.3 Å². The monoisotopic (exact) mass is 160 g/mol. The van der Waals surface area contributed by atoms with E-state index in [2.05, 4.69) is 20.4 Å². The molecular weight excluding hydrogens is 148 g/mol. The summed E-state index contributed by atoms with van der Waals surface area (Å²) < 4.78 is 0.476. The van der Waals surface area contributed by atoms with Crippen molar-refractivity contribution in [2.24, 2.45) is 0 Å². The Hall–Kier alpha value is 0.440. The first kappa shape index (κ1) is 7.55. The van der Waals surface area contributed by atoms with Crippen molar-refractivity contribution in [3.63, 3.8) is 0 Å². The van der Waals surface area contributed by atoms with E-state index in [4.69, 9.17) is 0 Å². The molecule has 1 rings (SSSR count). The SMILES string of the molecule is C=C[C@@H]1CC(C)(C)SS1. The van der Waals surface area contributed by atoms with Crippen LogP contribution in [-0.2, 0) is 0 Å². The van der Waals surface area contributed by atoms with Gasteiger partial charge >= 0.3 is 0 Å². The molecule has 0 aliphatic carbocycles. The zero-order valence-corrected chi connectivity index (χ0v) is 7.52. The lowest BCUT2D eigenvalue weighted by molar-refractivity contribution is 0.671. The van der Waals surface area contributed by atoms with Crippen LogP contribution in [0.2, 0.25) is 0 Å². The zero-order valence-electron chi connectivity index (χ0n) is 5.89. The molecule has 0 amide bonds. The fourth-order valence-corrected chi connectivity index (χ4v) is 3.96. The first-order valence-electron chi connectivity index (χ1n) is 3.11. The molecule has 1 atom stereocenters. The van der Waals surface area contributed by atoms with Gasteiger partial charge < -0.3 is 0 Å². The van der Waals surface area contributed by atoms with Crippen molar-refractivity contribution < 1.29 is 0 Å². The fraction of sp³-hybridized carbons (Fsp3) is 0.714. The summed E-state index contributed by atoms with van der Waals surface area (Å²) in [6, 6.07) is 0. The molecule has 0 aromatic heterocycles. The lowest BCUT2D eigenvalue weighted by atomic mass is 10.1. The second-order valence-electron chi connectivity index (χ2n) is 2.92. The van der Waals surface area contributed by atoms with Crippen molar-refractivity contribution in [2.45, 2.75) is 30.3 Å². The summed E-state index contributed by atoms with van der Waals surface area (Å²) in [6.45, 7) is 8.35. The minimum Gasteiger partial charge on any atom is -0.102 e. The second-order valence-corrected chi connectivity index (χ2v) is 6.06. The fourth-order valence-electron chi connectivity index (χ4n) is 0.867. The first-order chi connectivity index (χ1) is 4.14. The lowest BCUT2D eigenvalue weighted by Gasteiger charge is -2.12. The lowest BCUT2D eigenvalue weighted by Crippen LogP contribution is -2.11. The second kappa shape index (κ2) is 2.59. The Kier molecular flexibility index (Phi) is 2.17. The molecule has 1 heterocycles. The number of hydrogen-bond acceptors (Lipinski definition) is 2. The third-order valence-corrected chi connectivity index (χ3v) is 5.06. The molecule has 0 spiro atoms. The third kappa shape index (κ3) is 1.94. The van der Waals surface area contributed by atoms with E-state index >= 15 is 0 Å². The van der Waals surface area contributed by atoms with Crippen molar-refractivity contribution in [3.05, 3.63) is 12.7 Å². The minimum atomic E-state index is 0.476. The van der Waals surface area contributed by atoms with Gasteiger partial charge in [-0.3, -0.25) is 0 Å². The Morgan fingerprint density at radius 3 is 2.56 bits per heavy atom. The molecular formula is C7H12S2. The molecule has 0 bridgehead atoms. The van der Waals surface area contributed by atoms with Gasteiger partial charge in [-0.05, 0) is 20.3 Å². The smallest absolute Gasteiger partial charge is 0.0342 e. The van der Waals surface area contributed by atoms with E-state index in [1.54, 1.807) is 0 Å². The van der Waals surface area contributed by atoms with E-state index < -0.39 is 0 Å². The molecule has 0 unspecified atom stereocenters. The van der Waals surface area contributed by atoms with E-state index in [0.717, 1.165) is 0 Å². The number of rotatable bonds is 1. The number of hydrogen-bond donors (Lipinski definition) is 0. The van der Waals surface area contributed by atoms with E-state index in [0.29, 0.717) is 10.00 Å². The molecule has 2 heteroatoms. The molecule has 0 radical (unpaired) electrons. The molecule has 0 saturated carbocycles. The van der Waals surface area contributed by atoms with Crippen LogP contribution in [0.15, 0.2) is 12.7 Å². The Morgan fingerprint density at radius 2 is 2.33 bits per heavy atom. The predicted molar refractivity (Wildman–Crippen MR) is 47.9 cm³/mol. The predicted octanol–water partition coefficient (Wildman–Crippen LogP) is 3.10. The van der Waals surface area contributed by atoms with Crippen molar-refractivity contribution in [3.8, 4) is 0 Å². The van der Waals surface area contributed by atoms with Crippen molar-refractivity contribution in [2.75, 3.05) is 0 Å². The van der Waals surface area contributed by atoms with E-state index in [-0.39, 0.29) is 0 Å². The van der Waals surface area contributed by atoms with E-state index in [9.17, 15) is 0 Å². The quantitative estimate of drug-likeness (QED) is 0.427. The van der Waals surface area contributed by atoms with Crippen LogP contribution in [0.4, 0.5) is 0 Å². The van der Waals surface area contributed by atoms with Gasteiger partial charge in [0.1, 0.15) is 0 Å². The standard InChI is InChI=1S/C7H12S2/c1-4-6-5-7(2,3)9-8-6/h4,6H,1,5H2,2-3H3/t6-/m1/s1. The molecule has 0 aromatic carbocycles. The zero-order chi connectivity index (χ0) is 6.91. The summed E-state index contributed by atoms with van der Waals surface area (Å²) >= 11 is 0. The molecule has 1 aliphatic rings. The summed E-state index contributed by atoms with van der Waals surface area (Å²) in [7, 11) is 3.93.